The van der Waals surface area contributed by atoms with Crippen molar-refractivity contribution < 1.29 is 14.3 Å². The van der Waals surface area contributed by atoms with Gasteiger partial charge in [0.05, 0.1) is 18.7 Å². The number of anilines is 1. The summed E-state index contributed by atoms with van der Waals surface area (Å²) in [5.74, 6) is -0.714. The maximum Gasteiger partial charge on any atom is 0.323 e. The minimum Gasteiger partial charge on any atom is -0.394 e. The zero-order valence-electron chi connectivity index (χ0n) is 12.8. The Morgan fingerprint density at radius 1 is 1.25 bits per heavy atom. The minimum absolute atomic E-state index is 0.251. The van der Waals surface area contributed by atoms with Crippen molar-refractivity contribution in [3.05, 3.63) is 66.0 Å². The Kier molecular flexibility index (Phi) is 4.45. The fraction of sp³-hybridized carbons (Fsp3) is 0.222. The normalized spacial score (nSPS) is 22.4. The molecule has 2 aromatic carbocycles. The van der Waals surface area contributed by atoms with E-state index in [1.54, 1.807) is 6.07 Å². The Morgan fingerprint density at radius 3 is 2.62 bits per heavy atom. The molecule has 0 bridgehead atoms. The SMILES string of the molecule is N#C[C@@H]1[C@@H](c2ccccc2)[C@@H](CO)N1C(=O)Nc1cccc(F)c1. The molecule has 3 atom stereocenters. The van der Waals surface area contributed by atoms with Gasteiger partial charge >= 0.3 is 6.03 Å². The summed E-state index contributed by atoms with van der Waals surface area (Å²) in [6.45, 7) is -0.256. The van der Waals surface area contributed by atoms with E-state index in [1.807, 2.05) is 30.3 Å². The second kappa shape index (κ2) is 6.69. The summed E-state index contributed by atoms with van der Waals surface area (Å²) < 4.78 is 13.2. The van der Waals surface area contributed by atoms with E-state index in [9.17, 15) is 19.6 Å². The number of nitrogens with zero attached hydrogens (tertiary/aromatic N) is 2. The zero-order valence-corrected chi connectivity index (χ0v) is 12.8. The number of halogens is 1. The number of aliphatic hydroxyl groups excluding tert-OH is 1. The van der Waals surface area contributed by atoms with Crippen LogP contribution in [-0.2, 0) is 0 Å². The van der Waals surface area contributed by atoms with Gasteiger partial charge in [0.15, 0.2) is 0 Å². The highest BCUT2D eigenvalue weighted by atomic mass is 19.1. The summed E-state index contributed by atoms with van der Waals surface area (Å²) in [5.41, 5.74) is 1.20. The fourth-order valence-electron chi connectivity index (χ4n) is 3.12. The highest BCUT2D eigenvalue weighted by Crippen LogP contribution is 2.40. The highest BCUT2D eigenvalue weighted by molar-refractivity contribution is 5.91. The third-order valence-corrected chi connectivity index (χ3v) is 4.23. The summed E-state index contributed by atoms with van der Waals surface area (Å²) in [4.78, 5) is 13.8. The van der Waals surface area contributed by atoms with E-state index in [1.165, 1.54) is 23.1 Å². The van der Waals surface area contributed by atoms with Crippen molar-refractivity contribution in [3.8, 4) is 6.07 Å². The summed E-state index contributed by atoms with van der Waals surface area (Å²) in [6.07, 6.45) is 0. The van der Waals surface area contributed by atoms with E-state index < -0.39 is 23.9 Å². The largest absolute Gasteiger partial charge is 0.394 e. The average molecular weight is 325 g/mol. The smallest absolute Gasteiger partial charge is 0.323 e. The lowest BCUT2D eigenvalue weighted by Crippen LogP contribution is -2.66. The van der Waals surface area contributed by atoms with Gasteiger partial charge in [-0.05, 0) is 23.8 Å². The lowest BCUT2D eigenvalue weighted by atomic mass is 9.76. The van der Waals surface area contributed by atoms with E-state index in [0.29, 0.717) is 5.69 Å². The van der Waals surface area contributed by atoms with Crippen LogP contribution in [0.15, 0.2) is 54.6 Å². The predicted molar refractivity (Wildman–Crippen MR) is 86.7 cm³/mol. The second-order valence-electron chi connectivity index (χ2n) is 5.61. The molecular formula is C18H16FN3O2. The number of urea groups is 1. The van der Waals surface area contributed by atoms with Gasteiger partial charge < -0.3 is 15.3 Å². The van der Waals surface area contributed by atoms with Crippen molar-refractivity contribution in [2.24, 2.45) is 0 Å². The van der Waals surface area contributed by atoms with Crippen LogP contribution in [0, 0.1) is 17.1 Å². The van der Waals surface area contributed by atoms with Gasteiger partial charge in [-0.3, -0.25) is 0 Å². The molecular weight excluding hydrogens is 309 g/mol. The maximum absolute atomic E-state index is 13.2. The zero-order chi connectivity index (χ0) is 17.1. The molecule has 0 aliphatic carbocycles. The molecule has 1 aliphatic heterocycles. The van der Waals surface area contributed by atoms with Crippen LogP contribution >= 0.6 is 0 Å². The Hall–Kier alpha value is -2.91. The monoisotopic (exact) mass is 325 g/mol. The van der Waals surface area contributed by atoms with Crippen molar-refractivity contribution in [1.82, 2.24) is 4.90 Å². The molecule has 2 N–H and O–H groups in total. The quantitative estimate of drug-likeness (QED) is 0.911. The molecule has 1 heterocycles. The number of rotatable bonds is 3. The first-order chi connectivity index (χ1) is 11.7. The summed E-state index contributed by atoms with van der Waals surface area (Å²) >= 11 is 0. The number of amides is 2. The van der Waals surface area contributed by atoms with E-state index in [4.69, 9.17) is 0 Å². The van der Waals surface area contributed by atoms with Gasteiger partial charge in [0, 0.05) is 11.6 Å². The van der Waals surface area contributed by atoms with Gasteiger partial charge in [-0.1, -0.05) is 36.4 Å². The second-order valence-corrected chi connectivity index (χ2v) is 5.61. The average Bonchev–Trinajstić information content (AvgIpc) is 2.55. The molecule has 1 aliphatic rings. The fourth-order valence-corrected chi connectivity index (χ4v) is 3.12. The van der Waals surface area contributed by atoms with Crippen LogP contribution in [0.3, 0.4) is 0 Å². The summed E-state index contributed by atoms with van der Waals surface area (Å²) in [7, 11) is 0. The van der Waals surface area contributed by atoms with Gasteiger partial charge in [0.2, 0.25) is 0 Å². The molecule has 1 saturated heterocycles. The van der Waals surface area contributed by atoms with Crippen molar-refractivity contribution >= 4 is 11.7 Å². The lowest BCUT2D eigenvalue weighted by molar-refractivity contribution is 0.0224. The number of aliphatic hydroxyl groups is 1. The molecule has 2 aromatic rings. The van der Waals surface area contributed by atoms with Crippen LogP contribution in [0.25, 0.3) is 0 Å². The Bertz CT molecular complexity index is 775. The highest BCUT2D eigenvalue weighted by Gasteiger charge is 2.51. The molecule has 24 heavy (non-hydrogen) atoms. The third-order valence-electron chi connectivity index (χ3n) is 4.23. The Balaban J connectivity index is 1.80. The molecule has 0 unspecified atom stereocenters. The van der Waals surface area contributed by atoms with Crippen LogP contribution in [0.5, 0.6) is 0 Å². The Morgan fingerprint density at radius 2 is 2.00 bits per heavy atom. The number of carbonyl (C=O) groups excluding carboxylic acids is 1. The minimum atomic E-state index is -0.682. The van der Waals surface area contributed by atoms with Crippen molar-refractivity contribution in [2.45, 2.75) is 18.0 Å². The standard InChI is InChI=1S/C18H16FN3O2/c19-13-7-4-8-14(9-13)21-18(24)22-15(10-20)17(16(22)11-23)12-5-2-1-3-6-12/h1-9,15-17,23H,11H2,(H,21,24)/t15-,16-,17-/m1/s1. The third kappa shape index (κ3) is 2.82. The predicted octanol–water partition coefficient (Wildman–Crippen LogP) is 2.71. The van der Waals surface area contributed by atoms with Crippen LogP contribution in [0.1, 0.15) is 11.5 Å². The van der Waals surface area contributed by atoms with Gasteiger partial charge in [0.1, 0.15) is 11.9 Å². The van der Waals surface area contributed by atoms with E-state index >= 15 is 0 Å². The lowest BCUT2D eigenvalue weighted by Gasteiger charge is -2.51. The van der Waals surface area contributed by atoms with E-state index in [-0.39, 0.29) is 12.5 Å². The van der Waals surface area contributed by atoms with Gasteiger partial charge in [-0.25, -0.2) is 9.18 Å². The summed E-state index contributed by atoms with van der Waals surface area (Å²) in [5, 5.41) is 21.7. The maximum atomic E-state index is 13.2. The van der Waals surface area contributed by atoms with Gasteiger partial charge in [0.25, 0.3) is 0 Å². The van der Waals surface area contributed by atoms with Crippen molar-refractivity contribution in [2.75, 3.05) is 11.9 Å². The molecule has 0 aromatic heterocycles. The Labute approximate surface area is 138 Å². The number of nitriles is 1. The summed E-state index contributed by atoms with van der Waals surface area (Å²) in [6, 6.07) is 15.3. The van der Waals surface area contributed by atoms with Crippen LogP contribution in [-0.4, -0.2) is 34.7 Å². The molecule has 0 radical (unpaired) electrons. The first-order valence-corrected chi connectivity index (χ1v) is 7.56. The molecule has 2 amide bonds. The molecule has 122 valence electrons. The van der Waals surface area contributed by atoms with Crippen LogP contribution < -0.4 is 5.32 Å². The van der Waals surface area contributed by atoms with E-state index in [0.717, 1.165) is 5.56 Å². The number of hydrogen-bond donors (Lipinski definition) is 2. The number of nitrogens with one attached hydrogen (secondary N) is 1. The molecule has 3 rings (SSSR count). The molecule has 5 nitrogen and oxygen atoms in total. The van der Waals surface area contributed by atoms with Crippen LogP contribution in [0.2, 0.25) is 0 Å². The van der Waals surface area contributed by atoms with Crippen molar-refractivity contribution in [1.29, 1.82) is 5.26 Å². The van der Waals surface area contributed by atoms with Crippen LogP contribution in [0.4, 0.5) is 14.9 Å². The van der Waals surface area contributed by atoms with Crippen molar-refractivity contribution in [3.63, 3.8) is 0 Å². The number of hydrogen-bond acceptors (Lipinski definition) is 3. The first kappa shape index (κ1) is 16.0. The molecule has 0 saturated carbocycles. The van der Waals surface area contributed by atoms with E-state index in [2.05, 4.69) is 11.4 Å². The molecule has 6 heteroatoms. The topological polar surface area (TPSA) is 76.4 Å². The van der Waals surface area contributed by atoms with Gasteiger partial charge in [-0.15, -0.1) is 0 Å². The first-order valence-electron chi connectivity index (χ1n) is 7.56. The number of likely N-dealkylation sites (tertiary alicyclic amines) is 1. The number of benzene rings is 2. The van der Waals surface area contributed by atoms with Gasteiger partial charge in [-0.2, -0.15) is 5.26 Å². The molecule has 1 fully saturated rings. The molecule has 0 spiro atoms. The number of carbonyl (C=O) groups is 1.